The number of nitrogens with one attached hydrogen (secondary N) is 1. The highest BCUT2D eigenvalue weighted by atomic mass is 32.2. The van der Waals surface area contributed by atoms with Crippen molar-refractivity contribution in [3.8, 4) is 0 Å². The van der Waals surface area contributed by atoms with Crippen molar-refractivity contribution in [1.29, 1.82) is 0 Å². The molecule has 0 aliphatic rings. The zero-order valence-corrected chi connectivity index (χ0v) is 15.8. The van der Waals surface area contributed by atoms with Crippen LogP contribution in [-0.4, -0.2) is 37.9 Å². The molecule has 0 spiro atoms. The third-order valence-corrected chi connectivity index (χ3v) is 4.54. The topological polar surface area (TPSA) is 64.6 Å². The van der Waals surface area contributed by atoms with Gasteiger partial charge in [-0.2, -0.15) is 0 Å². The maximum absolute atomic E-state index is 12.0. The lowest BCUT2D eigenvalue weighted by Crippen LogP contribution is -2.30. The molecule has 6 heteroatoms. The van der Waals surface area contributed by atoms with Crippen molar-refractivity contribution in [2.45, 2.75) is 18.4 Å². The molecule has 0 saturated carbocycles. The summed E-state index contributed by atoms with van der Waals surface area (Å²) in [6.07, 6.45) is 0. The highest BCUT2D eigenvalue weighted by molar-refractivity contribution is 7.99. The molecule has 2 aromatic carbocycles. The van der Waals surface area contributed by atoms with Gasteiger partial charge >= 0.3 is 5.97 Å². The van der Waals surface area contributed by atoms with Crippen LogP contribution in [-0.2, 0) is 20.9 Å². The first-order chi connectivity index (χ1) is 12.6. The molecule has 2 rings (SSSR count). The summed E-state index contributed by atoms with van der Waals surface area (Å²) in [5, 5.41) is 2.75. The van der Waals surface area contributed by atoms with E-state index in [0.29, 0.717) is 18.7 Å². The molecule has 0 radical (unpaired) electrons. The second-order valence-corrected chi connectivity index (χ2v) is 6.89. The summed E-state index contributed by atoms with van der Waals surface area (Å²) >= 11 is 1.66. The molecule has 0 aromatic heterocycles. The Morgan fingerprint density at radius 1 is 1.12 bits per heavy atom. The van der Waals surface area contributed by atoms with Crippen LogP contribution < -0.4 is 5.32 Å². The van der Waals surface area contributed by atoms with E-state index >= 15 is 0 Å². The van der Waals surface area contributed by atoms with E-state index in [0.717, 1.165) is 16.2 Å². The Labute approximate surface area is 158 Å². The third kappa shape index (κ3) is 6.90. The Kier molecular flexibility index (Phi) is 8.18. The fraction of sp³-hybridized carbons (Fsp3) is 0.300. The highest BCUT2D eigenvalue weighted by Gasteiger charge is 2.10. The molecule has 0 aliphatic heterocycles. The smallest absolute Gasteiger partial charge is 0.338 e. The van der Waals surface area contributed by atoms with Gasteiger partial charge in [0, 0.05) is 24.3 Å². The molecule has 26 heavy (non-hydrogen) atoms. The van der Waals surface area contributed by atoms with Crippen molar-refractivity contribution in [3.05, 3.63) is 65.2 Å². The first-order valence-corrected chi connectivity index (χ1v) is 9.28. The summed E-state index contributed by atoms with van der Waals surface area (Å²) in [6.45, 7) is 2.69. The van der Waals surface area contributed by atoms with Gasteiger partial charge in [-0.15, -0.1) is 11.8 Å². The number of carbonyl (C=O) groups is 2. The number of carbonyl (C=O) groups excluding carboxylic acids is 2. The molecule has 1 N–H and O–H groups in total. The monoisotopic (exact) mass is 373 g/mol. The molecule has 0 atom stereocenters. The summed E-state index contributed by atoms with van der Waals surface area (Å²) in [5.74, 6) is -0.0787. The number of ether oxygens (including phenoxy) is 2. The van der Waals surface area contributed by atoms with Gasteiger partial charge in [-0.3, -0.25) is 4.79 Å². The van der Waals surface area contributed by atoms with Crippen LogP contribution in [0.15, 0.2) is 53.4 Å². The number of benzene rings is 2. The van der Waals surface area contributed by atoms with E-state index in [2.05, 4.69) is 29.6 Å². The molecule has 0 heterocycles. The third-order valence-electron chi connectivity index (χ3n) is 3.52. The largest absolute Gasteiger partial charge is 0.452 e. The molecule has 0 aliphatic carbocycles. The van der Waals surface area contributed by atoms with Crippen molar-refractivity contribution >= 4 is 23.6 Å². The van der Waals surface area contributed by atoms with Crippen LogP contribution in [0.4, 0.5) is 0 Å². The van der Waals surface area contributed by atoms with Crippen molar-refractivity contribution in [3.63, 3.8) is 0 Å². The molecular formula is C20H23NO4S. The number of hydrogen-bond donors (Lipinski definition) is 1. The van der Waals surface area contributed by atoms with Gasteiger partial charge < -0.3 is 14.8 Å². The molecule has 0 fully saturated rings. The van der Waals surface area contributed by atoms with E-state index in [4.69, 9.17) is 9.47 Å². The van der Waals surface area contributed by atoms with Crippen molar-refractivity contribution in [2.24, 2.45) is 0 Å². The molecule has 0 saturated heterocycles. The zero-order valence-electron chi connectivity index (χ0n) is 15.0. The average molecular weight is 373 g/mol. The lowest BCUT2D eigenvalue weighted by Gasteiger charge is -2.08. The fourth-order valence-corrected chi connectivity index (χ4v) is 2.98. The van der Waals surface area contributed by atoms with Crippen molar-refractivity contribution < 1.29 is 19.1 Å². The van der Waals surface area contributed by atoms with E-state index in [1.54, 1.807) is 37.1 Å². The molecule has 2 aromatic rings. The van der Waals surface area contributed by atoms with Gasteiger partial charge in [-0.05, 0) is 36.8 Å². The molecule has 5 nitrogen and oxygen atoms in total. The quantitative estimate of drug-likeness (QED) is 0.415. The lowest BCUT2D eigenvalue weighted by atomic mass is 10.1. The summed E-state index contributed by atoms with van der Waals surface area (Å²) < 4.78 is 10.1. The molecule has 0 unspecified atom stereocenters. The molecular weight excluding hydrogens is 350 g/mol. The number of thioether (sulfide) groups is 1. The molecule has 0 bridgehead atoms. The Morgan fingerprint density at radius 3 is 2.62 bits per heavy atom. The minimum atomic E-state index is -0.521. The number of esters is 1. The summed E-state index contributed by atoms with van der Waals surface area (Å²) in [7, 11) is 1.59. The van der Waals surface area contributed by atoms with Gasteiger partial charge in [-0.25, -0.2) is 4.79 Å². The van der Waals surface area contributed by atoms with Crippen molar-refractivity contribution in [1.82, 2.24) is 5.32 Å². The minimum absolute atomic E-state index is 0.289. The SMILES string of the molecule is COCc1cccc(C(=O)OCC(=O)NCCSc2ccc(C)cc2)c1. The van der Waals surface area contributed by atoms with Crippen LogP contribution in [0.3, 0.4) is 0 Å². The number of rotatable bonds is 9. The van der Waals surface area contributed by atoms with E-state index in [-0.39, 0.29) is 12.5 Å². The lowest BCUT2D eigenvalue weighted by molar-refractivity contribution is -0.124. The van der Waals surface area contributed by atoms with Crippen molar-refractivity contribution in [2.75, 3.05) is 26.0 Å². The van der Waals surface area contributed by atoms with E-state index in [9.17, 15) is 9.59 Å². The molecule has 1 amide bonds. The normalized spacial score (nSPS) is 10.4. The van der Waals surface area contributed by atoms with Crippen LogP contribution in [0.2, 0.25) is 0 Å². The first-order valence-electron chi connectivity index (χ1n) is 8.29. The van der Waals surface area contributed by atoms with Gasteiger partial charge in [0.2, 0.25) is 0 Å². The highest BCUT2D eigenvalue weighted by Crippen LogP contribution is 2.17. The second-order valence-electron chi connectivity index (χ2n) is 5.72. The van der Waals surface area contributed by atoms with Gasteiger partial charge in [0.1, 0.15) is 0 Å². The minimum Gasteiger partial charge on any atom is -0.452 e. The first kappa shape index (κ1) is 20.0. The summed E-state index contributed by atoms with van der Waals surface area (Å²) in [5.41, 5.74) is 2.50. The van der Waals surface area contributed by atoms with E-state index in [1.807, 2.05) is 13.0 Å². The maximum Gasteiger partial charge on any atom is 0.338 e. The van der Waals surface area contributed by atoms with Gasteiger partial charge in [0.15, 0.2) is 6.61 Å². The van der Waals surface area contributed by atoms with Crippen LogP contribution in [0.5, 0.6) is 0 Å². The van der Waals surface area contributed by atoms with Crippen LogP contribution in [0.1, 0.15) is 21.5 Å². The fourth-order valence-electron chi connectivity index (χ4n) is 2.21. The van der Waals surface area contributed by atoms with Gasteiger partial charge in [-0.1, -0.05) is 29.8 Å². The Balaban J connectivity index is 1.67. The zero-order chi connectivity index (χ0) is 18.8. The predicted octanol–water partition coefficient (Wildman–Crippen LogP) is 3.21. The Hall–Kier alpha value is -2.31. The predicted molar refractivity (Wildman–Crippen MR) is 102 cm³/mol. The average Bonchev–Trinajstić information content (AvgIpc) is 2.65. The standard InChI is InChI=1S/C20H23NO4S/c1-15-6-8-18(9-7-15)26-11-10-21-19(22)14-25-20(23)17-5-3-4-16(12-17)13-24-2/h3-9,12H,10-11,13-14H2,1-2H3,(H,21,22). The summed E-state index contributed by atoms with van der Waals surface area (Å²) in [6, 6.07) is 15.2. The number of amides is 1. The Morgan fingerprint density at radius 2 is 1.88 bits per heavy atom. The number of methoxy groups -OCH3 is 1. The maximum atomic E-state index is 12.0. The molecule has 138 valence electrons. The van der Waals surface area contributed by atoms with Gasteiger partial charge in [0.05, 0.1) is 12.2 Å². The summed E-state index contributed by atoms with van der Waals surface area (Å²) in [4.78, 5) is 24.9. The van der Waals surface area contributed by atoms with Crippen LogP contribution >= 0.6 is 11.8 Å². The second kappa shape index (κ2) is 10.6. The number of aryl methyl sites for hydroxylation is 1. The van der Waals surface area contributed by atoms with Gasteiger partial charge in [0.25, 0.3) is 5.91 Å². The van der Waals surface area contributed by atoms with Crippen LogP contribution in [0, 0.1) is 6.92 Å². The van der Waals surface area contributed by atoms with E-state index in [1.165, 1.54) is 5.56 Å². The van der Waals surface area contributed by atoms with E-state index < -0.39 is 5.97 Å². The Bertz CT molecular complexity index is 731. The van der Waals surface area contributed by atoms with Crippen LogP contribution in [0.25, 0.3) is 0 Å². The number of hydrogen-bond acceptors (Lipinski definition) is 5.